The molecule has 0 bridgehead atoms. The van der Waals surface area contributed by atoms with Crippen molar-refractivity contribution in [2.75, 3.05) is 13.2 Å². The number of amides is 1. The van der Waals surface area contributed by atoms with Crippen LogP contribution in [0.5, 0.6) is 0 Å². The Morgan fingerprint density at radius 1 is 1.50 bits per heavy atom. The summed E-state index contributed by atoms with van der Waals surface area (Å²) in [6, 6.07) is 7.12. The first-order chi connectivity index (χ1) is 7.72. The minimum absolute atomic E-state index is 0.0223. The lowest BCUT2D eigenvalue weighted by atomic mass is 10.2. The van der Waals surface area contributed by atoms with Gasteiger partial charge < -0.3 is 4.74 Å². The van der Waals surface area contributed by atoms with Crippen molar-refractivity contribution in [2.45, 2.75) is 6.92 Å². The van der Waals surface area contributed by atoms with Gasteiger partial charge >= 0.3 is 0 Å². The van der Waals surface area contributed by atoms with Crippen LogP contribution in [-0.2, 0) is 9.53 Å². The zero-order valence-electron chi connectivity index (χ0n) is 8.94. The van der Waals surface area contributed by atoms with Gasteiger partial charge in [-0.05, 0) is 24.6 Å². The van der Waals surface area contributed by atoms with Crippen LogP contribution in [0.4, 0.5) is 0 Å². The third-order valence-electron chi connectivity index (χ3n) is 1.71. The molecule has 0 aromatic heterocycles. The summed E-state index contributed by atoms with van der Waals surface area (Å²) in [5.41, 5.74) is 3.22. The van der Waals surface area contributed by atoms with Gasteiger partial charge in [-0.2, -0.15) is 5.10 Å². The summed E-state index contributed by atoms with van der Waals surface area (Å²) in [6.45, 7) is 2.35. The van der Waals surface area contributed by atoms with Crippen molar-refractivity contribution in [1.82, 2.24) is 5.43 Å². The molecule has 1 aromatic rings. The number of hydrogen-bond donors (Lipinski definition) is 1. The van der Waals surface area contributed by atoms with E-state index < -0.39 is 0 Å². The molecule has 0 saturated carbocycles. The lowest BCUT2D eigenvalue weighted by Gasteiger charge is -1.99. The van der Waals surface area contributed by atoms with Crippen molar-refractivity contribution in [3.8, 4) is 0 Å². The number of benzene rings is 1. The first-order valence-corrected chi connectivity index (χ1v) is 5.25. The first-order valence-electron chi connectivity index (χ1n) is 4.87. The van der Waals surface area contributed by atoms with Crippen molar-refractivity contribution in [3.63, 3.8) is 0 Å². The second kappa shape index (κ2) is 6.98. The molecule has 0 radical (unpaired) electrons. The van der Waals surface area contributed by atoms with Crippen molar-refractivity contribution < 1.29 is 9.53 Å². The van der Waals surface area contributed by atoms with E-state index in [4.69, 9.17) is 16.3 Å². The van der Waals surface area contributed by atoms with Crippen LogP contribution >= 0.6 is 11.6 Å². The summed E-state index contributed by atoms with van der Waals surface area (Å²) in [6.07, 6.45) is 1.54. The highest BCUT2D eigenvalue weighted by atomic mass is 35.5. The monoisotopic (exact) mass is 240 g/mol. The fourth-order valence-corrected chi connectivity index (χ4v) is 1.08. The molecule has 1 amide bonds. The average Bonchev–Trinajstić information content (AvgIpc) is 2.29. The Labute approximate surface area is 99.2 Å². The number of nitrogens with zero attached hydrogens (tertiary/aromatic N) is 1. The summed E-state index contributed by atoms with van der Waals surface area (Å²) in [7, 11) is 0. The Hall–Kier alpha value is -1.39. The molecule has 1 N–H and O–H groups in total. The Kier molecular flexibility index (Phi) is 5.53. The maximum atomic E-state index is 11.1. The minimum atomic E-state index is -0.271. The number of hydrazone groups is 1. The van der Waals surface area contributed by atoms with Gasteiger partial charge in [-0.3, -0.25) is 4.79 Å². The predicted octanol–water partition coefficient (Wildman–Crippen LogP) is 1.83. The second-order valence-electron chi connectivity index (χ2n) is 2.98. The van der Waals surface area contributed by atoms with Crippen molar-refractivity contribution in [2.24, 2.45) is 5.10 Å². The standard InChI is InChI=1S/C11H13ClN2O2/c1-2-16-8-11(15)14-13-7-9-3-5-10(12)6-4-9/h3-7H,2,8H2,1H3,(H,14,15). The quantitative estimate of drug-likeness (QED) is 0.631. The maximum absolute atomic E-state index is 11.1. The molecule has 1 aromatic carbocycles. The highest BCUT2D eigenvalue weighted by Crippen LogP contribution is 2.07. The highest BCUT2D eigenvalue weighted by molar-refractivity contribution is 6.30. The van der Waals surface area contributed by atoms with Crippen LogP contribution in [0.25, 0.3) is 0 Å². The second-order valence-corrected chi connectivity index (χ2v) is 3.42. The molecule has 86 valence electrons. The topological polar surface area (TPSA) is 50.7 Å². The van der Waals surface area contributed by atoms with Gasteiger partial charge in [-0.1, -0.05) is 23.7 Å². The van der Waals surface area contributed by atoms with E-state index in [2.05, 4.69) is 10.5 Å². The normalized spacial score (nSPS) is 10.6. The molecular formula is C11H13ClN2O2. The summed E-state index contributed by atoms with van der Waals surface area (Å²) in [4.78, 5) is 11.1. The van der Waals surface area contributed by atoms with Gasteiger partial charge in [0.15, 0.2) is 0 Å². The Balaban J connectivity index is 2.37. The number of rotatable bonds is 5. The number of ether oxygens (including phenoxy) is 1. The number of carbonyl (C=O) groups is 1. The van der Waals surface area contributed by atoms with Crippen LogP contribution < -0.4 is 5.43 Å². The van der Waals surface area contributed by atoms with Gasteiger partial charge in [-0.15, -0.1) is 0 Å². The molecule has 4 nitrogen and oxygen atoms in total. The molecule has 0 unspecified atom stereocenters. The fourth-order valence-electron chi connectivity index (χ4n) is 0.955. The molecule has 0 aliphatic rings. The molecule has 0 heterocycles. The van der Waals surface area contributed by atoms with E-state index in [-0.39, 0.29) is 12.5 Å². The first kappa shape index (κ1) is 12.7. The van der Waals surface area contributed by atoms with Crippen LogP contribution in [0.3, 0.4) is 0 Å². The van der Waals surface area contributed by atoms with Gasteiger partial charge in [0.25, 0.3) is 5.91 Å². The molecule has 0 fully saturated rings. The number of nitrogens with one attached hydrogen (secondary N) is 1. The van der Waals surface area contributed by atoms with Crippen LogP contribution in [-0.4, -0.2) is 25.3 Å². The van der Waals surface area contributed by atoms with E-state index in [9.17, 15) is 4.79 Å². The molecule has 1 rings (SSSR count). The number of halogens is 1. The summed E-state index contributed by atoms with van der Waals surface area (Å²) >= 11 is 5.72. The van der Waals surface area contributed by atoms with Gasteiger partial charge in [0, 0.05) is 11.6 Å². The van der Waals surface area contributed by atoms with E-state index in [1.165, 1.54) is 0 Å². The van der Waals surface area contributed by atoms with E-state index in [1.54, 1.807) is 30.5 Å². The smallest absolute Gasteiger partial charge is 0.266 e. The highest BCUT2D eigenvalue weighted by Gasteiger charge is 1.96. The third kappa shape index (κ3) is 4.91. The SMILES string of the molecule is CCOCC(=O)NN=Cc1ccc(Cl)cc1. The van der Waals surface area contributed by atoms with Gasteiger partial charge in [0.2, 0.25) is 0 Å². The fraction of sp³-hybridized carbons (Fsp3) is 0.273. The Morgan fingerprint density at radius 3 is 2.81 bits per heavy atom. The molecule has 16 heavy (non-hydrogen) atoms. The summed E-state index contributed by atoms with van der Waals surface area (Å²) in [5, 5.41) is 4.44. The van der Waals surface area contributed by atoms with E-state index in [1.807, 2.05) is 6.92 Å². The van der Waals surface area contributed by atoms with Crippen LogP contribution in [0.15, 0.2) is 29.4 Å². The van der Waals surface area contributed by atoms with Crippen LogP contribution in [0, 0.1) is 0 Å². The van der Waals surface area contributed by atoms with Crippen LogP contribution in [0.2, 0.25) is 5.02 Å². The largest absolute Gasteiger partial charge is 0.372 e. The molecule has 0 aliphatic carbocycles. The van der Waals surface area contributed by atoms with Crippen molar-refractivity contribution >= 4 is 23.7 Å². The third-order valence-corrected chi connectivity index (χ3v) is 1.96. The molecule has 0 spiro atoms. The molecular weight excluding hydrogens is 228 g/mol. The maximum Gasteiger partial charge on any atom is 0.266 e. The zero-order valence-corrected chi connectivity index (χ0v) is 9.70. The summed E-state index contributed by atoms with van der Waals surface area (Å²) < 4.78 is 4.91. The van der Waals surface area contributed by atoms with Crippen LogP contribution in [0.1, 0.15) is 12.5 Å². The zero-order chi connectivity index (χ0) is 11.8. The number of hydrogen-bond acceptors (Lipinski definition) is 3. The van der Waals surface area contributed by atoms with E-state index in [0.717, 1.165) is 5.56 Å². The van der Waals surface area contributed by atoms with Crippen molar-refractivity contribution in [1.29, 1.82) is 0 Å². The molecule has 5 heteroatoms. The minimum Gasteiger partial charge on any atom is -0.372 e. The average molecular weight is 241 g/mol. The van der Waals surface area contributed by atoms with Crippen molar-refractivity contribution in [3.05, 3.63) is 34.9 Å². The summed E-state index contributed by atoms with van der Waals surface area (Å²) in [5.74, 6) is -0.271. The van der Waals surface area contributed by atoms with Gasteiger partial charge in [-0.25, -0.2) is 5.43 Å². The predicted molar refractivity (Wildman–Crippen MR) is 63.7 cm³/mol. The molecule has 0 atom stereocenters. The molecule has 0 saturated heterocycles. The Bertz CT molecular complexity index is 363. The lowest BCUT2D eigenvalue weighted by molar-refractivity contribution is -0.125. The number of carbonyl (C=O) groups excluding carboxylic acids is 1. The lowest BCUT2D eigenvalue weighted by Crippen LogP contribution is -2.22. The van der Waals surface area contributed by atoms with E-state index in [0.29, 0.717) is 11.6 Å². The van der Waals surface area contributed by atoms with Gasteiger partial charge in [0.1, 0.15) is 6.61 Å². The van der Waals surface area contributed by atoms with Gasteiger partial charge in [0.05, 0.1) is 6.21 Å². The van der Waals surface area contributed by atoms with E-state index >= 15 is 0 Å². The Morgan fingerprint density at radius 2 is 2.19 bits per heavy atom. The molecule has 0 aliphatic heterocycles.